The average molecular weight is 245 g/mol. The van der Waals surface area contributed by atoms with Crippen LogP contribution in [0.25, 0.3) is 6.08 Å². The van der Waals surface area contributed by atoms with Crippen LogP contribution in [-0.4, -0.2) is 19.2 Å². The van der Waals surface area contributed by atoms with Crippen LogP contribution in [-0.2, 0) is 0 Å². The average Bonchev–Trinajstić information content (AvgIpc) is 3.21. The molecular formula is C16H23NO. The Morgan fingerprint density at radius 1 is 1.28 bits per heavy atom. The summed E-state index contributed by atoms with van der Waals surface area (Å²) in [6.45, 7) is 4.01. The van der Waals surface area contributed by atoms with Gasteiger partial charge in [-0.15, -0.1) is 0 Å². The van der Waals surface area contributed by atoms with E-state index in [9.17, 15) is 0 Å². The lowest BCUT2D eigenvalue weighted by Gasteiger charge is -2.04. The fraction of sp³-hybridized carbons (Fsp3) is 0.500. The van der Waals surface area contributed by atoms with Crippen molar-refractivity contribution in [1.82, 2.24) is 5.32 Å². The molecule has 0 spiro atoms. The summed E-state index contributed by atoms with van der Waals surface area (Å²) in [5, 5.41) is 3.50. The lowest BCUT2D eigenvalue weighted by molar-refractivity contribution is 0.317. The Hall–Kier alpha value is -1.28. The van der Waals surface area contributed by atoms with Crippen LogP contribution in [0.15, 0.2) is 30.3 Å². The van der Waals surface area contributed by atoms with Gasteiger partial charge in [-0.2, -0.15) is 0 Å². The van der Waals surface area contributed by atoms with Crippen LogP contribution in [0.2, 0.25) is 0 Å². The molecule has 1 aromatic rings. The lowest BCUT2D eigenvalue weighted by atomic mass is 10.2. The monoisotopic (exact) mass is 245 g/mol. The first-order valence-corrected chi connectivity index (χ1v) is 7.01. The summed E-state index contributed by atoms with van der Waals surface area (Å²) in [5.74, 6) is 0.962. The van der Waals surface area contributed by atoms with E-state index < -0.39 is 0 Å². The summed E-state index contributed by atoms with van der Waals surface area (Å²) in [7, 11) is 0. The quantitative estimate of drug-likeness (QED) is 0.706. The van der Waals surface area contributed by atoms with E-state index in [1.165, 1.54) is 18.4 Å². The third-order valence-corrected chi connectivity index (χ3v) is 2.98. The molecule has 1 N–H and O–H groups in total. The van der Waals surface area contributed by atoms with E-state index in [0.29, 0.717) is 0 Å². The molecule has 1 aromatic carbocycles. The maximum Gasteiger partial charge on any atom is 0.119 e. The zero-order chi connectivity index (χ0) is 12.6. The molecule has 0 amide bonds. The molecule has 0 unspecified atom stereocenters. The highest BCUT2D eigenvalue weighted by Gasteiger charge is 2.19. The van der Waals surface area contributed by atoms with Gasteiger partial charge < -0.3 is 10.1 Å². The number of hydrogen-bond acceptors (Lipinski definition) is 2. The summed E-state index contributed by atoms with van der Waals surface area (Å²) < 4.78 is 5.55. The summed E-state index contributed by atoms with van der Waals surface area (Å²) in [4.78, 5) is 0. The van der Waals surface area contributed by atoms with Crippen LogP contribution in [0.3, 0.4) is 0 Å². The molecule has 0 saturated heterocycles. The summed E-state index contributed by atoms with van der Waals surface area (Å²) in [6, 6.07) is 9.11. The molecule has 2 heteroatoms. The number of nitrogens with one attached hydrogen (secondary N) is 1. The molecule has 1 saturated carbocycles. The standard InChI is InChI=1S/C16H23NO/c1-2-13-18-16-10-6-14(7-11-16)5-3-4-12-17-15-8-9-15/h3,5-7,10-11,15,17H,2,4,8-9,12-13H2,1H3. The first kappa shape index (κ1) is 13.2. The van der Waals surface area contributed by atoms with Gasteiger partial charge in [-0.25, -0.2) is 0 Å². The Morgan fingerprint density at radius 2 is 2.06 bits per heavy atom. The second kappa shape index (κ2) is 7.22. The first-order valence-electron chi connectivity index (χ1n) is 7.01. The van der Waals surface area contributed by atoms with E-state index in [-0.39, 0.29) is 0 Å². The van der Waals surface area contributed by atoms with Crippen molar-refractivity contribution >= 4 is 6.08 Å². The molecular weight excluding hydrogens is 222 g/mol. The minimum Gasteiger partial charge on any atom is -0.494 e. The van der Waals surface area contributed by atoms with E-state index in [2.05, 4.69) is 36.5 Å². The lowest BCUT2D eigenvalue weighted by Crippen LogP contribution is -2.16. The van der Waals surface area contributed by atoms with Crippen LogP contribution in [0.5, 0.6) is 5.75 Å². The predicted octanol–water partition coefficient (Wildman–Crippen LogP) is 3.63. The number of ether oxygens (including phenoxy) is 1. The number of hydrogen-bond donors (Lipinski definition) is 1. The Morgan fingerprint density at radius 3 is 2.72 bits per heavy atom. The van der Waals surface area contributed by atoms with Gasteiger partial charge in [0.25, 0.3) is 0 Å². The molecule has 0 aromatic heterocycles. The minimum absolute atomic E-state index is 0.794. The molecule has 1 aliphatic carbocycles. The van der Waals surface area contributed by atoms with Crippen LogP contribution in [0.4, 0.5) is 0 Å². The second-order valence-corrected chi connectivity index (χ2v) is 4.84. The van der Waals surface area contributed by atoms with Crippen LogP contribution < -0.4 is 10.1 Å². The van der Waals surface area contributed by atoms with Gasteiger partial charge in [0, 0.05) is 6.04 Å². The van der Waals surface area contributed by atoms with Gasteiger partial charge in [0.15, 0.2) is 0 Å². The molecule has 0 aliphatic heterocycles. The van der Waals surface area contributed by atoms with Crippen molar-refractivity contribution < 1.29 is 4.74 Å². The molecule has 1 aliphatic rings. The smallest absolute Gasteiger partial charge is 0.119 e. The fourth-order valence-electron chi connectivity index (χ4n) is 1.77. The van der Waals surface area contributed by atoms with Gasteiger partial charge in [-0.1, -0.05) is 31.2 Å². The highest BCUT2D eigenvalue weighted by molar-refractivity contribution is 5.50. The molecule has 0 heterocycles. The zero-order valence-electron chi connectivity index (χ0n) is 11.2. The van der Waals surface area contributed by atoms with Crippen LogP contribution >= 0.6 is 0 Å². The van der Waals surface area contributed by atoms with Crippen LogP contribution in [0, 0.1) is 0 Å². The Balaban J connectivity index is 1.69. The van der Waals surface area contributed by atoms with E-state index in [1.807, 2.05) is 12.1 Å². The molecule has 18 heavy (non-hydrogen) atoms. The molecule has 2 rings (SSSR count). The predicted molar refractivity (Wildman–Crippen MR) is 76.9 cm³/mol. The normalized spacial score (nSPS) is 15.2. The molecule has 1 fully saturated rings. The second-order valence-electron chi connectivity index (χ2n) is 4.84. The summed E-state index contributed by atoms with van der Waals surface area (Å²) in [6.07, 6.45) is 9.29. The van der Waals surface area contributed by atoms with Gasteiger partial charge in [-0.3, -0.25) is 0 Å². The SMILES string of the molecule is CCCOc1ccc(C=CCCNC2CC2)cc1. The van der Waals surface area contributed by atoms with Gasteiger partial charge in [-0.05, 0) is 49.9 Å². The summed E-state index contributed by atoms with van der Waals surface area (Å²) in [5.41, 5.74) is 1.24. The Bertz CT molecular complexity index is 365. The van der Waals surface area contributed by atoms with Crippen molar-refractivity contribution in [3.8, 4) is 5.75 Å². The molecule has 98 valence electrons. The Kier molecular flexibility index (Phi) is 5.28. The van der Waals surface area contributed by atoms with Crippen molar-refractivity contribution in [1.29, 1.82) is 0 Å². The topological polar surface area (TPSA) is 21.3 Å². The highest BCUT2D eigenvalue weighted by atomic mass is 16.5. The van der Waals surface area contributed by atoms with E-state index in [0.717, 1.165) is 37.8 Å². The van der Waals surface area contributed by atoms with Crippen molar-refractivity contribution in [3.05, 3.63) is 35.9 Å². The molecule has 0 radical (unpaired) electrons. The number of benzene rings is 1. The van der Waals surface area contributed by atoms with E-state index in [4.69, 9.17) is 4.74 Å². The fourth-order valence-corrected chi connectivity index (χ4v) is 1.77. The first-order chi connectivity index (χ1) is 8.88. The maximum absolute atomic E-state index is 5.55. The largest absolute Gasteiger partial charge is 0.494 e. The minimum atomic E-state index is 0.794. The number of rotatable bonds is 8. The van der Waals surface area contributed by atoms with Crippen molar-refractivity contribution in [3.63, 3.8) is 0 Å². The summed E-state index contributed by atoms with van der Waals surface area (Å²) >= 11 is 0. The van der Waals surface area contributed by atoms with Gasteiger partial charge in [0.1, 0.15) is 5.75 Å². The van der Waals surface area contributed by atoms with Gasteiger partial charge >= 0.3 is 0 Å². The zero-order valence-corrected chi connectivity index (χ0v) is 11.2. The maximum atomic E-state index is 5.55. The van der Waals surface area contributed by atoms with Crippen molar-refractivity contribution in [2.75, 3.05) is 13.2 Å². The van der Waals surface area contributed by atoms with Crippen molar-refractivity contribution in [2.24, 2.45) is 0 Å². The van der Waals surface area contributed by atoms with Gasteiger partial charge in [0.05, 0.1) is 6.61 Å². The van der Waals surface area contributed by atoms with Crippen LogP contribution in [0.1, 0.15) is 38.2 Å². The van der Waals surface area contributed by atoms with E-state index in [1.54, 1.807) is 0 Å². The highest BCUT2D eigenvalue weighted by Crippen LogP contribution is 2.18. The van der Waals surface area contributed by atoms with Crippen molar-refractivity contribution in [2.45, 2.75) is 38.6 Å². The third-order valence-electron chi connectivity index (χ3n) is 2.98. The van der Waals surface area contributed by atoms with E-state index >= 15 is 0 Å². The van der Waals surface area contributed by atoms with Gasteiger partial charge in [0.2, 0.25) is 0 Å². The Labute approximate surface area is 110 Å². The molecule has 0 bridgehead atoms. The third kappa shape index (κ3) is 4.92. The molecule has 2 nitrogen and oxygen atoms in total. The molecule has 0 atom stereocenters.